The topological polar surface area (TPSA) is 17.1 Å². The van der Waals surface area contributed by atoms with Gasteiger partial charge in [0.1, 0.15) is 0 Å². The van der Waals surface area contributed by atoms with E-state index < -0.39 is 0 Å². The van der Waals surface area contributed by atoms with E-state index in [1.54, 1.807) is 5.57 Å². The summed E-state index contributed by atoms with van der Waals surface area (Å²) in [5.41, 5.74) is 3.84. The van der Waals surface area contributed by atoms with Crippen molar-refractivity contribution in [3.8, 4) is 0 Å². The van der Waals surface area contributed by atoms with Crippen LogP contribution in [0.3, 0.4) is 0 Å². The van der Waals surface area contributed by atoms with Crippen molar-refractivity contribution >= 4 is 5.78 Å². The second kappa shape index (κ2) is 8.87. The molecular weight excluding hydrogens is 424 g/mol. The van der Waals surface area contributed by atoms with Gasteiger partial charge in [0.2, 0.25) is 0 Å². The average Bonchev–Trinajstić information content (AvgIpc) is 3.07. The number of hydrogen-bond acceptors (Lipinski definition) is 1. The first-order valence-corrected chi connectivity index (χ1v) is 15.1. The van der Waals surface area contributed by atoms with Crippen molar-refractivity contribution in [3.05, 3.63) is 23.8 Å². The third-order valence-corrected chi connectivity index (χ3v) is 13.5. The van der Waals surface area contributed by atoms with E-state index in [-0.39, 0.29) is 27.6 Å². The molecule has 35 heavy (non-hydrogen) atoms. The molecule has 0 spiro atoms. The molecule has 4 aliphatic carbocycles. The maximum atomic E-state index is 13.7. The Morgan fingerprint density at radius 2 is 1.74 bits per heavy atom. The Kier molecular flexibility index (Phi) is 6.89. The molecule has 4 aliphatic rings. The van der Waals surface area contributed by atoms with Gasteiger partial charge < -0.3 is 0 Å². The molecule has 3 fully saturated rings. The lowest BCUT2D eigenvalue weighted by Crippen LogP contribution is -2.56. The highest BCUT2D eigenvalue weighted by atomic mass is 16.1. The van der Waals surface area contributed by atoms with Crippen molar-refractivity contribution in [1.29, 1.82) is 0 Å². The average molecular weight is 481 g/mol. The van der Waals surface area contributed by atoms with Crippen molar-refractivity contribution in [3.63, 3.8) is 0 Å². The molecule has 3 saturated carbocycles. The van der Waals surface area contributed by atoms with Gasteiger partial charge >= 0.3 is 0 Å². The van der Waals surface area contributed by atoms with Crippen LogP contribution >= 0.6 is 0 Å². The molecule has 0 radical (unpaired) electrons. The quantitative estimate of drug-likeness (QED) is 0.346. The van der Waals surface area contributed by atoms with Gasteiger partial charge in [-0.2, -0.15) is 0 Å². The Morgan fingerprint density at radius 1 is 1.09 bits per heavy atom. The van der Waals surface area contributed by atoms with E-state index in [2.05, 4.69) is 81.9 Å². The molecule has 1 heteroatoms. The molecule has 0 aromatic carbocycles. The minimum absolute atomic E-state index is 0.159. The van der Waals surface area contributed by atoms with Gasteiger partial charge in [0.25, 0.3) is 0 Å². The van der Waals surface area contributed by atoms with Gasteiger partial charge in [-0.25, -0.2) is 0 Å². The van der Waals surface area contributed by atoms with Gasteiger partial charge in [0, 0.05) is 5.92 Å². The normalized spacial score (nSPS) is 45.1. The van der Waals surface area contributed by atoms with Crippen LogP contribution in [0.15, 0.2) is 23.8 Å². The van der Waals surface area contributed by atoms with Gasteiger partial charge in [-0.05, 0) is 115 Å². The maximum Gasteiger partial charge on any atom is 0.159 e. The zero-order chi connectivity index (χ0) is 26.1. The minimum atomic E-state index is 0.159. The zero-order valence-electron chi connectivity index (χ0n) is 24.9. The summed E-state index contributed by atoms with van der Waals surface area (Å²) in [5.74, 6) is 4.66. The molecule has 0 aliphatic heterocycles. The van der Waals surface area contributed by atoms with Crippen LogP contribution in [-0.4, -0.2) is 5.78 Å². The molecule has 0 aromatic heterocycles. The minimum Gasteiger partial charge on any atom is -0.295 e. The Balaban J connectivity index is 1.66. The van der Waals surface area contributed by atoms with E-state index in [9.17, 15) is 4.79 Å². The first-order chi connectivity index (χ1) is 16.1. The summed E-state index contributed by atoms with van der Waals surface area (Å²) >= 11 is 0. The van der Waals surface area contributed by atoms with Gasteiger partial charge in [-0.15, -0.1) is 0 Å². The third-order valence-electron chi connectivity index (χ3n) is 13.5. The maximum absolute atomic E-state index is 13.7. The largest absolute Gasteiger partial charge is 0.295 e. The third kappa shape index (κ3) is 3.87. The van der Waals surface area contributed by atoms with Crippen LogP contribution in [0, 0.1) is 63.1 Å². The molecule has 198 valence electrons. The fourth-order valence-corrected chi connectivity index (χ4v) is 10.2. The molecule has 0 amide bonds. The number of ketones is 1. The number of fused-ring (bicyclic) bond motifs is 5. The van der Waals surface area contributed by atoms with Crippen LogP contribution in [0.25, 0.3) is 0 Å². The summed E-state index contributed by atoms with van der Waals surface area (Å²) in [7, 11) is 0. The molecule has 1 unspecified atom stereocenters. The number of allylic oxidation sites excluding steroid dienone is 3. The van der Waals surface area contributed by atoms with E-state index in [0.717, 1.165) is 18.8 Å². The SMILES string of the molecule is C=C(CC)[C@H](C)C[C@@H](C)C(C)(C)[C@H]1CC[C@@]2(C)C3=CC(=O)[C@@H]4C[C@@H](C)[C@@H](C)C[C@]4(C)C3CC[C@]12C. The van der Waals surface area contributed by atoms with Crippen LogP contribution in [-0.2, 0) is 4.79 Å². The smallest absolute Gasteiger partial charge is 0.159 e. The Labute approximate surface area is 218 Å². The Hall–Kier alpha value is -0.850. The summed E-state index contributed by atoms with van der Waals surface area (Å²) in [6.07, 6.45) is 12.0. The molecule has 0 saturated heterocycles. The van der Waals surface area contributed by atoms with Crippen LogP contribution in [0.5, 0.6) is 0 Å². The molecule has 0 N–H and O–H groups in total. The first kappa shape index (κ1) is 27.2. The standard InChI is InChI=1S/C34H56O/c1-12-21(2)22(3)17-25(6)31(7,8)30-14-16-33(10)27-19-29(35)28-18-23(4)24(5)20-32(28,9)26(27)13-15-34(30,33)11/h19,22-26,28,30H,2,12-18,20H2,1,3-11H3/t22-,23-,24+,25-,26?,28+,30-,32-,33+,34-/m1/s1. The molecule has 0 bridgehead atoms. The molecule has 0 aromatic rings. The van der Waals surface area contributed by atoms with Crippen molar-refractivity contribution in [2.45, 2.75) is 121 Å². The zero-order valence-corrected chi connectivity index (χ0v) is 24.9. The van der Waals surface area contributed by atoms with E-state index in [1.165, 1.54) is 44.1 Å². The highest BCUT2D eigenvalue weighted by molar-refractivity contribution is 5.94. The Bertz CT molecular complexity index is 892. The molecule has 0 heterocycles. The van der Waals surface area contributed by atoms with Crippen molar-refractivity contribution < 1.29 is 4.79 Å². The van der Waals surface area contributed by atoms with Gasteiger partial charge in [-0.3, -0.25) is 4.79 Å². The number of hydrogen-bond donors (Lipinski definition) is 0. The number of carbonyl (C=O) groups is 1. The van der Waals surface area contributed by atoms with E-state index in [0.29, 0.717) is 35.4 Å². The number of rotatable bonds is 6. The predicted octanol–water partition coefficient (Wildman–Crippen LogP) is 9.67. The van der Waals surface area contributed by atoms with E-state index in [4.69, 9.17) is 0 Å². The molecule has 4 rings (SSSR count). The summed E-state index contributed by atoms with van der Waals surface area (Å²) in [4.78, 5) is 13.7. The lowest BCUT2D eigenvalue weighted by molar-refractivity contribution is -0.134. The van der Waals surface area contributed by atoms with Crippen molar-refractivity contribution in [2.75, 3.05) is 0 Å². The lowest BCUT2D eigenvalue weighted by Gasteiger charge is -2.62. The summed E-state index contributed by atoms with van der Waals surface area (Å²) in [6, 6.07) is 0. The van der Waals surface area contributed by atoms with Crippen molar-refractivity contribution in [1.82, 2.24) is 0 Å². The fraction of sp³-hybridized carbons (Fsp3) is 0.853. The van der Waals surface area contributed by atoms with Crippen molar-refractivity contribution in [2.24, 2.45) is 63.1 Å². The lowest BCUT2D eigenvalue weighted by atomic mass is 9.41. The summed E-state index contributed by atoms with van der Waals surface area (Å²) < 4.78 is 0. The van der Waals surface area contributed by atoms with Crippen LogP contribution < -0.4 is 0 Å². The molecule has 1 nitrogen and oxygen atoms in total. The predicted molar refractivity (Wildman–Crippen MR) is 150 cm³/mol. The molecular formula is C34H56O. The van der Waals surface area contributed by atoms with Gasteiger partial charge in [0.05, 0.1) is 0 Å². The monoisotopic (exact) mass is 480 g/mol. The second-order valence-electron chi connectivity index (χ2n) is 15.3. The highest BCUT2D eigenvalue weighted by Crippen LogP contribution is 2.74. The fourth-order valence-electron chi connectivity index (χ4n) is 10.2. The van der Waals surface area contributed by atoms with Crippen LogP contribution in [0.2, 0.25) is 0 Å². The van der Waals surface area contributed by atoms with Gasteiger partial charge in [0.15, 0.2) is 5.78 Å². The van der Waals surface area contributed by atoms with E-state index in [1.807, 2.05) is 0 Å². The summed E-state index contributed by atoms with van der Waals surface area (Å²) in [5, 5.41) is 0. The van der Waals surface area contributed by atoms with Gasteiger partial charge in [-0.1, -0.05) is 87.0 Å². The highest BCUT2D eigenvalue weighted by Gasteiger charge is 2.66. The second-order valence-corrected chi connectivity index (χ2v) is 15.3. The summed E-state index contributed by atoms with van der Waals surface area (Å²) in [6.45, 7) is 29.1. The van der Waals surface area contributed by atoms with E-state index >= 15 is 0 Å². The first-order valence-electron chi connectivity index (χ1n) is 15.1. The van der Waals surface area contributed by atoms with Crippen LogP contribution in [0.4, 0.5) is 0 Å². The number of carbonyl (C=O) groups excluding carboxylic acids is 1. The van der Waals surface area contributed by atoms with Crippen LogP contribution in [0.1, 0.15) is 121 Å². The molecule has 10 atom stereocenters. The Morgan fingerprint density at radius 3 is 2.37 bits per heavy atom.